The second kappa shape index (κ2) is 13.3. The first kappa shape index (κ1) is 29.5. The largest absolute Gasteiger partial charge is 0.486 e. The monoisotopic (exact) mass is 592 g/mol. The molecule has 2 aromatic heterocycles. The van der Waals surface area contributed by atoms with E-state index in [2.05, 4.69) is 11.0 Å². The van der Waals surface area contributed by atoms with Gasteiger partial charge < -0.3 is 9.64 Å². The summed E-state index contributed by atoms with van der Waals surface area (Å²) >= 11 is 6.11. The molecule has 0 saturated carbocycles. The molecule has 3 aromatic rings. The molecule has 4 rings (SSSR count). The number of unbranched alkanes of at least 4 members (excludes halogenated alkanes) is 1. The molecule has 1 aliphatic rings. The number of rotatable bonds is 10. The molecule has 210 valence electrons. The number of halogens is 1. The van der Waals surface area contributed by atoms with Crippen molar-refractivity contribution in [2.75, 3.05) is 37.7 Å². The van der Waals surface area contributed by atoms with Crippen molar-refractivity contribution in [1.29, 1.82) is 10.7 Å². The van der Waals surface area contributed by atoms with Gasteiger partial charge in [0, 0.05) is 49.8 Å². The second-order valence-corrected chi connectivity index (χ2v) is 11.5. The van der Waals surface area contributed by atoms with E-state index in [1.54, 1.807) is 42.6 Å². The van der Waals surface area contributed by atoms with E-state index in [0.29, 0.717) is 47.9 Å². The molecule has 41 heavy (non-hydrogen) atoms. The molecule has 1 fully saturated rings. The summed E-state index contributed by atoms with van der Waals surface area (Å²) in [5.74, 6) is 4.48. The van der Waals surface area contributed by atoms with Gasteiger partial charge in [-0.25, -0.2) is 8.42 Å². The highest BCUT2D eigenvalue weighted by molar-refractivity contribution is 7.88. The smallest absolute Gasteiger partial charge is 0.351 e. The number of hydrogen-bond donors (Lipinski definition) is 1. The van der Waals surface area contributed by atoms with Crippen molar-refractivity contribution in [1.82, 2.24) is 14.1 Å². The summed E-state index contributed by atoms with van der Waals surface area (Å²) in [4.78, 5) is 15.3. The molecule has 1 aliphatic heterocycles. The number of nitrogens with zero attached hydrogens (tertiary/aromatic N) is 6. The number of aromatic nitrogens is 3. The van der Waals surface area contributed by atoms with Crippen molar-refractivity contribution in [2.45, 2.75) is 18.6 Å². The van der Waals surface area contributed by atoms with Crippen LogP contribution in [0.5, 0.6) is 5.75 Å². The molecule has 0 bridgehead atoms. The molecular weight excluding hydrogens is 566 g/mol. The van der Waals surface area contributed by atoms with E-state index in [4.69, 9.17) is 33.4 Å². The van der Waals surface area contributed by atoms with Crippen molar-refractivity contribution in [3.63, 3.8) is 0 Å². The van der Waals surface area contributed by atoms with Crippen LogP contribution in [0.4, 0.5) is 5.69 Å². The molecule has 0 unspecified atom stereocenters. The van der Waals surface area contributed by atoms with Gasteiger partial charge in [-0.1, -0.05) is 17.7 Å². The van der Waals surface area contributed by atoms with Crippen LogP contribution >= 0.6 is 11.6 Å². The topological polar surface area (TPSA) is 136 Å². The van der Waals surface area contributed by atoms with Gasteiger partial charge in [0.2, 0.25) is 15.8 Å². The zero-order valence-electron chi connectivity index (χ0n) is 22.0. The predicted molar refractivity (Wildman–Crippen MR) is 154 cm³/mol. The molecule has 3 heterocycles. The third-order valence-corrected chi connectivity index (χ3v) is 8.47. The van der Waals surface area contributed by atoms with Crippen LogP contribution in [0, 0.1) is 29.1 Å². The standard InChI is InChI=1S/C28H27ClN7O4S/c1-2-3-4-16-40-27-26(20-32-36(28(27)37)24-7-5-6-23(29)17-24)34-12-14-35(15-13-34)41(38,39)21-22-8-10-33(11-9-22)25(18-30)19-31/h1,5-11,17,20,30H,3-4,12-16,21H2/q+1. The number of pyridine rings is 1. The van der Waals surface area contributed by atoms with Crippen LogP contribution in [0.15, 0.2) is 59.8 Å². The molecule has 0 amide bonds. The van der Waals surface area contributed by atoms with E-state index in [1.807, 2.05) is 16.8 Å². The van der Waals surface area contributed by atoms with E-state index in [0.717, 1.165) is 0 Å². The summed E-state index contributed by atoms with van der Waals surface area (Å²) in [6, 6.07) is 11.8. The Hall–Kier alpha value is -4.45. The lowest BCUT2D eigenvalue weighted by Crippen LogP contribution is -2.49. The minimum atomic E-state index is -3.64. The van der Waals surface area contributed by atoms with Gasteiger partial charge in [-0.3, -0.25) is 10.2 Å². The molecule has 1 N–H and O–H groups in total. The summed E-state index contributed by atoms with van der Waals surface area (Å²) in [5, 5.41) is 21.0. The SMILES string of the molecule is C#CCCCOc1c(N2CCN(S(=O)(=O)Cc3cc[n+](C(=C=N)C#N)cc3)CC2)cnn(-c2cccc(Cl)c2)c1=O. The van der Waals surface area contributed by atoms with E-state index < -0.39 is 15.6 Å². The average molecular weight is 593 g/mol. The van der Waals surface area contributed by atoms with Crippen LogP contribution in [0.2, 0.25) is 5.02 Å². The number of piperazine rings is 1. The van der Waals surface area contributed by atoms with E-state index >= 15 is 0 Å². The highest BCUT2D eigenvalue weighted by atomic mass is 35.5. The van der Waals surface area contributed by atoms with Crippen molar-refractivity contribution >= 4 is 38.9 Å². The minimum Gasteiger partial charge on any atom is -0.486 e. The summed E-state index contributed by atoms with van der Waals surface area (Å²) in [5.41, 5.74) is 1.04. The average Bonchev–Trinajstić information content (AvgIpc) is 2.97. The highest BCUT2D eigenvalue weighted by Gasteiger charge is 2.30. The van der Waals surface area contributed by atoms with Gasteiger partial charge in [0.1, 0.15) is 5.69 Å². The third kappa shape index (κ3) is 7.01. The lowest BCUT2D eigenvalue weighted by atomic mass is 10.3. The van der Waals surface area contributed by atoms with Gasteiger partial charge in [0.25, 0.3) is 0 Å². The van der Waals surface area contributed by atoms with Crippen molar-refractivity contribution < 1.29 is 17.7 Å². The second-order valence-electron chi connectivity index (χ2n) is 9.05. The van der Waals surface area contributed by atoms with Crippen LogP contribution in [-0.4, -0.2) is 61.2 Å². The zero-order valence-corrected chi connectivity index (χ0v) is 23.6. The Morgan fingerprint density at radius 3 is 2.56 bits per heavy atom. The van der Waals surface area contributed by atoms with Crippen LogP contribution < -0.4 is 19.8 Å². The molecule has 13 heteroatoms. The Balaban J connectivity index is 1.51. The van der Waals surface area contributed by atoms with Crippen LogP contribution in [0.1, 0.15) is 18.4 Å². The van der Waals surface area contributed by atoms with Gasteiger partial charge in [-0.2, -0.15) is 19.3 Å². The number of nitriles is 1. The molecule has 0 spiro atoms. The molecule has 0 aliphatic carbocycles. The maximum absolute atomic E-state index is 13.5. The maximum atomic E-state index is 13.5. The first-order chi connectivity index (χ1) is 19.8. The summed E-state index contributed by atoms with van der Waals surface area (Å²) in [6.45, 7) is 1.30. The molecule has 11 nitrogen and oxygen atoms in total. The first-order valence-electron chi connectivity index (χ1n) is 12.6. The Bertz CT molecular complexity index is 1710. The molecule has 0 atom stereocenters. The highest BCUT2D eigenvalue weighted by Crippen LogP contribution is 2.27. The van der Waals surface area contributed by atoms with Crippen LogP contribution in [0.25, 0.3) is 11.4 Å². The van der Waals surface area contributed by atoms with Gasteiger partial charge in [0.05, 0.1) is 30.1 Å². The Kier molecular flexibility index (Phi) is 9.56. The summed E-state index contributed by atoms with van der Waals surface area (Å²) in [6.07, 6.45) is 11.0. The normalized spacial score (nSPS) is 13.6. The molecule has 1 saturated heterocycles. The van der Waals surface area contributed by atoms with Gasteiger partial charge in [-0.05, 0) is 30.2 Å². The number of nitrogens with one attached hydrogen (secondary N) is 1. The summed E-state index contributed by atoms with van der Waals surface area (Å²) in [7, 11) is -3.64. The number of allylic oxidation sites excluding steroid dienone is 1. The number of anilines is 1. The molecular formula is C28H27ClN7O4S+. The van der Waals surface area contributed by atoms with Gasteiger partial charge in [0.15, 0.2) is 18.5 Å². The first-order valence-corrected chi connectivity index (χ1v) is 14.6. The third-order valence-electron chi connectivity index (χ3n) is 6.38. The molecule has 1 aromatic carbocycles. The van der Waals surface area contributed by atoms with Crippen molar-refractivity contribution in [2.24, 2.45) is 0 Å². The fourth-order valence-electron chi connectivity index (χ4n) is 4.29. The van der Waals surface area contributed by atoms with Crippen LogP contribution in [-0.2, 0) is 15.8 Å². The van der Waals surface area contributed by atoms with Gasteiger partial charge in [-0.15, -0.1) is 16.9 Å². The quantitative estimate of drug-likeness (QED) is 0.125. The number of hydrogen-bond acceptors (Lipinski definition) is 8. The Morgan fingerprint density at radius 1 is 1.20 bits per heavy atom. The predicted octanol–water partition coefficient (Wildman–Crippen LogP) is 2.23. The summed E-state index contributed by atoms with van der Waals surface area (Å²) < 4.78 is 36.3. The van der Waals surface area contributed by atoms with E-state index in [1.165, 1.54) is 25.9 Å². The number of terminal acetylenes is 1. The number of benzene rings is 1. The lowest BCUT2D eigenvalue weighted by molar-refractivity contribution is -0.576. The van der Waals surface area contributed by atoms with Crippen molar-refractivity contribution in [3.8, 4) is 29.8 Å². The number of sulfonamides is 1. The van der Waals surface area contributed by atoms with Crippen molar-refractivity contribution in [3.05, 3.63) is 75.9 Å². The van der Waals surface area contributed by atoms with Gasteiger partial charge >= 0.3 is 11.3 Å². The fraction of sp³-hybridized carbons (Fsp3) is 0.286. The maximum Gasteiger partial charge on any atom is 0.351 e. The fourth-order valence-corrected chi connectivity index (χ4v) is 5.99. The lowest BCUT2D eigenvalue weighted by Gasteiger charge is -2.35. The Labute approximate surface area is 243 Å². The minimum absolute atomic E-state index is 0.00958. The molecule has 0 radical (unpaired) electrons. The van der Waals surface area contributed by atoms with E-state index in [9.17, 15) is 13.2 Å². The van der Waals surface area contributed by atoms with E-state index in [-0.39, 0.29) is 36.9 Å². The van der Waals surface area contributed by atoms with Crippen LogP contribution in [0.3, 0.4) is 0 Å². The Morgan fingerprint density at radius 2 is 1.93 bits per heavy atom. The zero-order chi connectivity index (χ0) is 29.4. The number of ether oxygens (including phenoxy) is 1.